The van der Waals surface area contributed by atoms with E-state index in [1.807, 2.05) is 6.07 Å². The van der Waals surface area contributed by atoms with Gasteiger partial charge in [0.2, 0.25) is 5.91 Å². The molecule has 0 aromatic heterocycles. The van der Waals surface area contributed by atoms with E-state index in [0.717, 1.165) is 24.5 Å². The van der Waals surface area contributed by atoms with Crippen LogP contribution >= 0.6 is 0 Å². The maximum Gasteiger partial charge on any atom is 0.321 e. The van der Waals surface area contributed by atoms with Gasteiger partial charge >= 0.3 is 5.97 Å². The van der Waals surface area contributed by atoms with Gasteiger partial charge in [-0.2, -0.15) is 0 Å². The van der Waals surface area contributed by atoms with E-state index < -0.39 is 41.3 Å². The summed E-state index contributed by atoms with van der Waals surface area (Å²) in [6.45, 7) is 6.01. The zero-order chi connectivity index (χ0) is 28.1. The van der Waals surface area contributed by atoms with Crippen LogP contribution in [0.4, 0.5) is 13.2 Å². The van der Waals surface area contributed by atoms with Gasteiger partial charge in [0.05, 0.1) is 5.92 Å². The number of likely N-dealkylation sites (tertiary alicyclic amines) is 1. The predicted octanol–water partition coefficient (Wildman–Crippen LogP) is 3.32. The zero-order valence-electron chi connectivity index (χ0n) is 22.3. The molecule has 3 atom stereocenters. The molecular weight excluding hydrogens is 511 g/mol. The van der Waals surface area contributed by atoms with E-state index in [-0.39, 0.29) is 31.5 Å². The number of benzene rings is 2. The highest BCUT2D eigenvalue weighted by Crippen LogP contribution is 2.37. The summed E-state index contributed by atoms with van der Waals surface area (Å²) in [5, 5.41) is 15.4. The van der Waals surface area contributed by atoms with E-state index in [1.54, 1.807) is 13.8 Å². The lowest BCUT2D eigenvalue weighted by Crippen LogP contribution is -2.44. The summed E-state index contributed by atoms with van der Waals surface area (Å²) < 4.78 is 48.2. The van der Waals surface area contributed by atoms with Crippen LogP contribution in [-0.4, -0.2) is 73.4 Å². The number of nitrogens with one attached hydrogen (secondary N) is 2. The largest absolute Gasteiger partial charge is 0.480 e. The highest BCUT2D eigenvalue weighted by molar-refractivity contribution is 5.80. The van der Waals surface area contributed by atoms with Crippen LogP contribution in [0.15, 0.2) is 30.3 Å². The summed E-state index contributed by atoms with van der Waals surface area (Å²) in [7, 11) is 0. The molecule has 1 amide bonds. The summed E-state index contributed by atoms with van der Waals surface area (Å²) in [5.41, 5.74) is 2.10. The lowest BCUT2D eigenvalue weighted by atomic mass is 9.88. The van der Waals surface area contributed by atoms with E-state index >= 15 is 0 Å². The van der Waals surface area contributed by atoms with E-state index in [1.165, 1.54) is 18.2 Å². The molecule has 2 aromatic carbocycles. The minimum Gasteiger partial charge on any atom is -0.480 e. The highest BCUT2D eigenvalue weighted by atomic mass is 19.1. The lowest BCUT2D eigenvalue weighted by Gasteiger charge is -2.31. The van der Waals surface area contributed by atoms with Gasteiger partial charge in [0.15, 0.2) is 0 Å². The Kier molecular flexibility index (Phi) is 9.63. The normalized spacial score (nSPS) is 21.2. The highest BCUT2D eigenvalue weighted by Gasteiger charge is 2.42. The van der Waals surface area contributed by atoms with Crippen molar-refractivity contribution in [2.24, 2.45) is 5.92 Å². The monoisotopic (exact) mass is 547 g/mol. The molecule has 212 valence electrons. The molecule has 10 heteroatoms. The first-order chi connectivity index (χ1) is 18.6. The van der Waals surface area contributed by atoms with Gasteiger partial charge in [-0.15, -0.1) is 0 Å². The molecule has 7 nitrogen and oxygen atoms in total. The van der Waals surface area contributed by atoms with Gasteiger partial charge in [0.1, 0.15) is 23.5 Å². The van der Waals surface area contributed by atoms with Crippen molar-refractivity contribution >= 4 is 11.9 Å². The zero-order valence-corrected chi connectivity index (χ0v) is 22.3. The first-order valence-electron chi connectivity index (χ1n) is 13.4. The second-order valence-corrected chi connectivity index (χ2v) is 10.6. The molecule has 0 unspecified atom stereocenters. The Labute approximate surface area is 226 Å². The standard InChI is InChI=1S/C29H36F3N3O4/c1-17-11-18(2)22(25(31)12-17)14-27(29(37)38)33-7-8-34-28(36)24-16-35(20-5-9-39-10-6-20)15-23(24)21-4-3-19(30)13-26(21)32/h3-4,11-13,20,23-24,27,33H,5-10,14-16H2,1-2H3,(H,34,36)(H,37,38)/t23-,24+,27-/m0/s1. The molecule has 2 aromatic rings. The summed E-state index contributed by atoms with van der Waals surface area (Å²) in [4.78, 5) is 27.3. The van der Waals surface area contributed by atoms with Crippen LogP contribution < -0.4 is 10.6 Å². The fraction of sp³-hybridized carbons (Fsp3) is 0.517. The Bertz CT molecular complexity index is 1170. The number of ether oxygens (including phenoxy) is 1. The Morgan fingerprint density at radius 1 is 1.05 bits per heavy atom. The second kappa shape index (κ2) is 12.9. The minimum atomic E-state index is -1.12. The first kappa shape index (κ1) is 29.0. The van der Waals surface area contributed by atoms with Crippen molar-refractivity contribution in [1.82, 2.24) is 15.5 Å². The molecule has 2 heterocycles. The topological polar surface area (TPSA) is 90.9 Å². The van der Waals surface area contributed by atoms with Crippen LogP contribution in [-0.2, 0) is 20.7 Å². The number of hydrogen-bond acceptors (Lipinski definition) is 5. The smallest absolute Gasteiger partial charge is 0.321 e. The van der Waals surface area contributed by atoms with Gasteiger partial charge in [-0.05, 0) is 61.1 Å². The van der Waals surface area contributed by atoms with Crippen molar-refractivity contribution in [3.05, 3.63) is 70.0 Å². The van der Waals surface area contributed by atoms with Crippen molar-refractivity contribution in [2.75, 3.05) is 39.4 Å². The Balaban J connectivity index is 1.38. The number of nitrogens with zero attached hydrogens (tertiary/aromatic N) is 1. The van der Waals surface area contributed by atoms with Crippen LogP contribution in [0.3, 0.4) is 0 Å². The maximum atomic E-state index is 14.7. The molecule has 39 heavy (non-hydrogen) atoms. The molecule has 2 aliphatic heterocycles. The molecule has 0 radical (unpaired) electrons. The third-order valence-electron chi connectivity index (χ3n) is 7.84. The van der Waals surface area contributed by atoms with Gasteiger partial charge < -0.3 is 20.5 Å². The molecule has 0 aliphatic carbocycles. The van der Waals surface area contributed by atoms with Gasteiger partial charge in [0, 0.05) is 63.8 Å². The molecule has 2 fully saturated rings. The lowest BCUT2D eigenvalue weighted by molar-refractivity contribution is -0.139. The van der Waals surface area contributed by atoms with E-state index in [9.17, 15) is 27.9 Å². The molecule has 4 rings (SSSR count). The summed E-state index contributed by atoms with van der Waals surface area (Å²) >= 11 is 0. The first-order valence-corrected chi connectivity index (χ1v) is 13.4. The predicted molar refractivity (Wildman–Crippen MR) is 140 cm³/mol. The molecule has 0 spiro atoms. The number of carboxylic acids is 1. The summed E-state index contributed by atoms with van der Waals surface area (Å²) in [6.07, 6.45) is 1.62. The van der Waals surface area contributed by atoms with E-state index in [4.69, 9.17) is 4.74 Å². The van der Waals surface area contributed by atoms with Gasteiger partial charge in [-0.1, -0.05) is 12.1 Å². The molecule has 2 aliphatic rings. The van der Waals surface area contributed by atoms with Crippen LogP contribution in [0.1, 0.15) is 41.0 Å². The van der Waals surface area contributed by atoms with Crippen LogP contribution in [0.2, 0.25) is 0 Å². The number of carbonyl (C=O) groups excluding carboxylic acids is 1. The van der Waals surface area contributed by atoms with Gasteiger partial charge in [0.25, 0.3) is 0 Å². The van der Waals surface area contributed by atoms with Crippen LogP contribution in [0.25, 0.3) is 0 Å². The molecule has 2 saturated heterocycles. The number of aliphatic carboxylic acids is 1. The molecule has 0 bridgehead atoms. The molecule has 0 saturated carbocycles. The van der Waals surface area contributed by atoms with Crippen LogP contribution in [0.5, 0.6) is 0 Å². The van der Waals surface area contributed by atoms with Crippen molar-refractivity contribution in [1.29, 1.82) is 0 Å². The minimum absolute atomic E-state index is 0.0319. The quantitative estimate of drug-likeness (QED) is 0.396. The maximum absolute atomic E-state index is 14.7. The van der Waals surface area contributed by atoms with Gasteiger partial charge in [-0.3, -0.25) is 14.5 Å². The third-order valence-corrected chi connectivity index (χ3v) is 7.84. The summed E-state index contributed by atoms with van der Waals surface area (Å²) in [6, 6.07) is 5.85. The number of carbonyl (C=O) groups is 2. The molecule has 3 N–H and O–H groups in total. The fourth-order valence-electron chi connectivity index (χ4n) is 5.78. The van der Waals surface area contributed by atoms with Crippen molar-refractivity contribution < 1.29 is 32.6 Å². The van der Waals surface area contributed by atoms with E-state index in [2.05, 4.69) is 15.5 Å². The molecular formula is C29H36F3N3O4. The van der Waals surface area contributed by atoms with Crippen LogP contribution in [0, 0.1) is 37.2 Å². The van der Waals surface area contributed by atoms with Crippen molar-refractivity contribution in [2.45, 2.75) is 51.1 Å². The average molecular weight is 548 g/mol. The average Bonchev–Trinajstić information content (AvgIpc) is 3.33. The third kappa shape index (κ3) is 7.17. The van der Waals surface area contributed by atoms with E-state index in [0.29, 0.717) is 43.0 Å². The number of rotatable bonds is 10. The number of hydrogen-bond donors (Lipinski definition) is 3. The fourth-order valence-corrected chi connectivity index (χ4v) is 5.78. The number of amides is 1. The Hall–Kier alpha value is -2.95. The van der Waals surface area contributed by atoms with Crippen molar-refractivity contribution in [3.63, 3.8) is 0 Å². The second-order valence-electron chi connectivity index (χ2n) is 10.6. The Morgan fingerprint density at radius 2 is 1.79 bits per heavy atom. The Morgan fingerprint density at radius 3 is 2.46 bits per heavy atom. The number of aryl methyl sites for hydroxylation is 2. The number of carboxylic acid groups (broad SMARTS) is 1. The SMILES string of the molecule is Cc1cc(C)c(C[C@H](NCCNC(=O)[C@@H]2CN(C3CCOCC3)C[C@H]2c2ccc(F)cc2F)C(=O)O)c(F)c1. The summed E-state index contributed by atoms with van der Waals surface area (Å²) in [5.74, 6) is -4.16. The van der Waals surface area contributed by atoms with Crippen molar-refractivity contribution in [3.8, 4) is 0 Å². The van der Waals surface area contributed by atoms with Gasteiger partial charge in [-0.25, -0.2) is 13.2 Å². The number of halogens is 3.